The molecule has 0 radical (unpaired) electrons. The van der Waals surface area contributed by atoms with Crippen molar-refractivity contribution in [3.05, 3.63) is 75.4 Å². The number of rotatable bonds is 8. The molecule has 1 saturated carbocycles. The van der Waals surface area contributed by atoms with E-state index in [-0.39, 0.29) is 12.0 Å². The maximum Gasteiger partial charge on any atom is 0.410 e. The largest absolute Gasteiger partial charge is 0.493 e. The molecule has 1 fully saturated rings. The van der Waals surface area contributed by atoms with Crippen molar-refractivity contribution < 1.29 is 19.1 Å². The molecule has 1 aromatic heterocycles. The summed E-state index contributed by atoms with van der Waals surface area (Å²) in [5.41, 5.74) is 4.17. The van der Waals surface area contributed by atoms with Crippen LogP contribution in [-0.2, 0) is 24.2 Å². The zero-order chi connectivity index (χ0) is 29.3. The predicted octanol–water partition coefficient (Wildman–Crippen LogP) is 7.04. The first-order chi connectivity index (χ1) is 19.4. The van der Waals surface area contributed by atoms with E-state index in [0.29, 0.717) is 60.9 Å². The monoisotopic (exact) mass is 578 g/mol. The third-order valence-corrected chi connectivity index (χ3v) is 7.33. The number of benzene rings is 2. The van der Waals surface area contributed by atoms with Crippen molar-refractivity contribution in [2.24, 2.45) is 5.92 Å². The van der Waals surface area contributed by atoms with Gasteiger partial charge >= 0.3 is 6.09 Å². The number of carbonyl (C=O) groups is 2. The molecule has 1 aliphatic carbocycles. The molecule has 1 aliphatic heterocycles. The van der Waals surface area contributed by atoms with Gasteiger partial charge in [0.1, 0.15) is 11.4 Å². The molecule has 3 aromatic rings. The molecule has 0 spiro atoms. The van der Waals surface area contributed by atoms with Crippen LogP contribution in [0, 0.1) is 5.92 Å². The van der Waals surface area contributed by atoms with Gasteiger partial charge in [-0.05, 0) is 87.4 Å². The van der Waals surface area contributed by atoms with Crippen LogP contribution in [0.2, 0.25) is 5.02 Å². The van der Waals surface area contributed by atoms with Gasteiger partial charge in [-0.25, -0.2) is 4.79 Å². The number of halogens is 1. The van der Waals surface area contributed by atoms with Gasteiger partial charge in [0, 0.05) is 46.9 Å². The Labute approximate surface area is 247 Å². The molecular weight excluding hydrogens is 540 g/mol. The average Bonchev–Trinajstić information content (AvgIpc) is 3.67. The Bertz CT molecular complexity index is 1440. The van der Waals surface area contributed by atoms with E-state index in [1.807, 2.05) is 61.9 Å². The summed E-state index contributed by atoms with van der Waals surface area (Å²) >= 11 is 6.33. The summed E-state index contributed by atoms with van der Waals surface area (Å²) < 4.78 is 13.5. The minimum absolute atomic E-state index is 0.210. The first-order valence-corrected chi connectivity index (χ1v) is 14.7. The van der Waals surface area contributed by atoms with Crippen molar-refractivity contribution in [1.82, 2.24) is 14.7 Å². The number of amides is 2. The van der Waals surface area contributed by atoms with Crippen LogP contribution in [0.1, 0.15) is 86.1 Å². The van der Waals surface area contributed by atoms with Gasteiger partial charge in [-0.1, -0.05) is 31.5 Å². The van der Waals surface area contributed by atoms with Crippen LogP contribution in [0.5, 0.6) is 5.75 Å². The number of hydrogen-bond acceptors (Lipinski definition) is 5. The number of carbonyl (C=O) groups excluding carboxylic acids is 2. The summed E-state index contributed by atoms with van der Waals surface area (Å²) in [6.45, 7) is 12.0. The van der Waals surface area contributed by atoms with Gasteiger partial charge in [0.2, 0.25) is 0 Å². The third kappa shape index (κ3) is 7.41. The topological polar surface area (TPSA) is 85.7 Å². The van der Waals surface area contributed by atoms with E-state index >= 15 is 0 Å². The van der Waals surface area contributed by atoms with E-state index in [9.17, 15) is 9.59 Å². The highest BCUT2D eigenvalue weighted by Gasteiger charge is 2.29. The van der Waals surface area contributed by atoms with Gasteiger partial charge in [-0.15, -0.1) is 0 Å². The standard InChI is InChI=1S/C32H39ClN4O4/c1-20(2)19-40-28-11-10-26(33)15-25(28)18-37-27(21-6-7-21)16-29(35-37)34-30(38)23-8-9-24-17-36(13-12-22(24)14-23)31(39)41-32(3,4)5/h8-11,14-16,20-21H,6-7,12-13,17-19H2,1-5H3,(H,34,35,38). The number of nitrogens with one attached hydrogen (secondary N) is 1. The van der Waals surface area contributed by atoms with E-state index in [0.717, 1.165) is 41.0 Å². The Hall–Kier alpha value is -3.52. The first kappa shape index (κ1) is 29.0. The molecule has 2 amide bonds. The Kier molecular flexibility index (Phi) is 8.32. The first-order valence-electron chi connectivity index (χ1n) is 14.3. The molecule has 9 heteroatoms. The number of ether oxygens (including phenoxy) is 2. The van der Waals surface area contributed by atoms with Crippen LogP contribution >= 0.6 is 11.6 Å². The minimum atomic E-state index is -0.538. The number of fused-ring (bicyclic) bond motifs is 1. The van der Waals surface area contributed by atoms with Crippen molar-refractivity contribution >= 4 is 29.4 Å². The lowest BCUT2D eigenvalue weighted by Gasteiger charge is -2.31. The van der Waals surface area contributed by atoms with E-state index in [1.165, 1.54) is 0 Å². The Balaban J connectivity index is 1.29. The normalized spacial score (nSPS) is 15.0. The SMILES string of the molecule is CC(C)COc1ccc(Cl)cc1Cn1nc(NC(=O)c2ccc3c(c2)CCN(C(=O)OC(C)(C)C)C3)cc1C1CC1. The van der Waals surface area contributed by atoms with Crippen molar-refractivity contribution in [3.63, 3.8) is 0 Å². The quantitative estimate of drug-likeness (QED) is 0.310. The van der Waals surface area contributed by atoms with Crippen LogP contribution in [0.4, 0.5) is 10.6 Å². The summed E-state index contributed by atoms with van der Waals surface area (Å²) in [7, 11) is 0. The fourth-order valence-corrected chi connectivity index (χ4v) is 5.12. The van der Waals surface area contributed by atoms with Gasteiger partial charge in [0.25, 0.3) is 5.91 Å². The second kappa shape index (κ2) is 11.8. The molecule has 8 nitrogen and oxygen atoms in total. The van der Waals surface area contributed by atoms with Crippen LogP contribution in [0.15, 0.2) is 42.5 Å². The highest BCUT2D eigenvalue weighted by molar-refractivity contribution is 6.30. The van der Waals surface area contributed by atoms with Gasteiger partial charge in [0.05, 0.1) is 13.2 Å². The van der Waals surface area contributed by atoms with Crippen molar-refractivity contribution in [2.45, 2.75) is 78.5 Å². The van der Waals surface area contributed by atoms with Gasteiger partial charge < -0.3 is 19.7 Å². The van der Waals surface area contributed by atoms with E-state index in [4.69, 9.17) is 26.2 Å². The lowest BCUT2D eigenvalue weighted by Crippen LogP contribution is -2.39. The van der Waals surface area contributed by atoms with Crippen LogP contribution in [0.3, 0.4) is 0 Å². The molecule has 1 N–H and O–H groups in total. The Morgan fingerprint density at radius 3 is 2.59 bits per heavy atom. The minimum Gasteiger partial charge on any atom is -0.493 e. The number of hydrogen-bond donors (Lipinski definition) is 1. The van der Waals surface area contributed by atoms with Gasteiger partial charge in [-0.2, -0.15) is 5.10 Å². The van der Waals surface area contributed by atoms with E-state index in [1.54, 1.807) is 11.0 Å². The smallest absolute Gasteiger partial charge is 0.410 e. The number of aromatic nitrogens is 2. The molecule has 0 atom stereocenters. The second-order valence-electron chi connectivity index (χ2n) is 12.4. The molecule has 0 bridgehead atoms. The highest BCUT2D eigenvalue weighted by Crippen LogP contribution is 2.41. The fraction of sp³-hybridized carbons (Fsp3) is 0.469. The Morgan fingerprint density at radius 2 is 1.88 bits per heavy atom. The van der Waals surface area contributed by atoms with Crippen LogP contribution < -0.4 is 10.1 Å². The summed E-state index contributed by atoms with van der Waals surface area (Å²) in [6.07, 6.45) is 2.56. The fourth-order valence-electron chi connectivity index (χ4n) is 4.92. The molecule has 41 heavy (non-hydrogen) atoms. The molecule has 5 rings (SSSR count). The summed E-state index contributed by atoms with van der Waals surface area (Å²) in [6, 6.07) is 13.3. The molecule has 0 unspecified atom stereocenters. The van der Waals surface area contributed by atoms with Crippen molar-refractivity contribution in [1.29, 1.82) is 0 Å². The second-order valence-corrected chi connectivity index (χ2v) is 12.9. The molecule has 0 saturated heterocycles. The molecule has 218 valence electrons. The lowest BCUT2D eigenvalue weighted by atomic mass is 9.97. The van der Waals surface area contributed by atoms with Crippen LogP contribution in [0.25, 0.3) is 0 Å². The predicted molar refractivity (Wildman–Crippen MR) is 160 cm³/mol. The Morgan fingerprint density at radius 1 is 1.10 bits per heavy atom. The maximum atomic E-state index is 13.3. The molecule has 2 aliphatic rings. The van der Waals surface area contributed by atoms with E-state index in [2.05, 4.69) is 19.2 Å². The maximum absolute atomic E-state index is 13.3. The zero-order valence-electron chi connectivity index (χ0n) is 24.5. The summed E-state index contributed by atoms with van der Waals surface area (Å²) in [5, 5.41) is 8.42. The number of anilines is 1. The van der Waals surface area contributed by atoms with Crippen molar-refractivity contribution in [3.8, 4) is 5.75 Å². The average molecular weight is 579 g/mol. The van der Waals surface area contributed by atoms with Gasteiger partial charge in [-0.3, -0.25) is 9.48 Å². The molecule has 2 aromatic carbocycles. The van der Waals surface area contributed by atoms with E-state index < -0.39 is 5.60 Å². The zero-order valence-corrected chi connectivity index (χ0v) is 25.3. The summed E-state index contributed by atoms with van der Waals surface area (Å²) in [4.78, 5) is 27.5. The summed E-state index contributed by atoms with van der Waals surface area (Å²) in [5.74, 6) is 1.95. The van der Waals surface area contributed by atoms with Crippen LogP contribution in [-0.4, -0.2) is 45.4 Å². The molecular formula is C32H39ClN4O4. The van der Waals surface area contributed by atoms with Gasteiger partial charge in [0.15, 0.2) is 5.82 Å². The van der Waals surface area contributed by atoms with Crippen molar-refractivity contribution in [2.75, 3.05) is 18.5 Å². The highest BCUT2D eigenvalue weighted by atomic mass is 35.5. The molecule has 2 heterocycles. The number of nitrogens with zero attached hydrogens (tertiary/aromatic N) is 3. The third-order valence-electron chi connectivity index (χ3n) is 7.10. The lowest BCUT2D eigenvalue weighted by molar-refractivity contribution is 0.0223.